The van der Waals surface area contributed by atoms with Gasteiger partial charge in [-0.15, -0.1) is 0 Å². The summed E-state index contributed by atoms with van der Waals surface area (Å²) in [6.45, 7) is 11.3. The molecule has 0 aliphatic rings. The number of methoxy groups -OCH3 is 3. The van der Waals surface area contributed by atoms with Gasteiger partial charge in [0.05, 0.1) is 0 Å². The molecule has 0 aliphatic carbocycles. The summed E-state index contributed by atoms with van der Waals surface area (Å²) in [6, 6.07) is 3.41. The van der Waals surface area contributed by atoms with Gasteiger partial charge in [-0.05, 0) is 0 Å². The van der Waals surface area contributed by atoms with Crippen molar-refractivity contribution in [3.8, 4) is 17.2 Å². The average molecular weight is 571 g/mol. The molecule has 5 nitrogen and oxygen atoms in total. The summed E-state index contributed by atoms with van der Waals surface area (Å²) in [5.41, 5.74) is 0.458. The SMILES string of the molecule is CCC[CH2][Sn]([CH2]CCC)([CH2]CCC)[C@@H](CC(C)C)OC(=O)c1cc(OC)c(OC)c(OC)c1. The summed E-state index contributed by atoms with van der Waals surface area (Å²) >= 11 is -2.79. The number of rotatable bonds is 17. The fraction of sp³-hybridized carbons (Fsp3) is 0.741. The van der Waals surface area contributed by atoms with Gasteiger partial charge in [-0.1, -0.05) is 0 Å². The van der Waals surface area contributed by atoms with Crippen LogP contribution in [0.3, 0.4) is 0 Å². The Morgan fingerprint density at radius 2 is 1.27 bits per heavy atom. The maximum absolute atomic E-state index is 13.5. The molecule has 1 aromatic carbocycles. The molecule has 190 valence electrons. The number of benzene rings is 1. The number of hydrogen-bond donors (Lipinski definition) is 0. The molecule has 0 N–H and O–H groups in total. The number of carbonyl (C=O) groups excluding carboxylic acids is 1. The maximum atomic E-state index is 13.5. The van der Waals surface area contributed by atoms with Crippen LogP contribution in [0.25, 0.3) is 0 Å². The molecule has 1 aromatic rings. The Bertz CT molecular complexity index is 657. The summed E-state index contributed by atoms with van der Waals surface area (Å²) in [5.74, 6) is 1.65. The second-order valence-corrected chi connectivity index (χ2v) is 23.5. The van der Waals surface area contributed by atoms with E-state index in [-0.39, 0.29) is 10.1 Å². The number of carbonyl (C=O) groups is 1. The number of unbranched alkanes of at least 4 members (excludes halogenated alkanes) is 3. The van der Waals surface area contributed by atoms with E-state index in [1.54, 1.807) is 33.5 Å². The molecule has 0 bridgehead atoms. The van der Waals surface area contributed by atoms with Crippen molar-refractivity contribution >= 4 is 24.3 Å². The van der Waals surface area contributed by atoms with Crippen LogP contribution < -0.4 is 14.2 Å². The van der Waals surface area contributed by atoms with Crippen molar-refractivity contribution in [3.63, 3.8) is 0 Å². The Morgan fingerprint density at radius 3 is 1.61 bits per heavy atom. The topological polar surface area (TPSA) is 54.0 Å². The molecule has 0 amide bonds. The van der Waals surface area contributed by atoms with E-state index in [0.717, 1.165) is 6.42 Å². The summed E-state index contributed by atoms with van der Waals surface area (Å²) in [5, 5.41) is 0. The zero-order valence-corrected chi connectivity index (χ0v) is 25.3. The Balaban J connectivity index is 3.40. The summed E-state index contributed by atoms with van der Waals surface area (Å²) < 4.78 is 26.9. The van der Waals surface area contributed by atoms with E-state index in [1.165, 1.54) is 51.8 Å². The zero-order chi connectivity index (χ0) is 24.9. The molecule has 0 unspecified atom stereocenters. The first-order chi connectivity index (χ1) is 15.8. The van der Waals surface area contributed by atoms with E-state index in [2.05, 4.69) is 34.6 Å². The molecule has 0 aliphatic heterocycles. The summed E-state index contributed by atoms with van der Waals surface area (Å²) in [7, 11) is 4.69. The average Bonchev–Trinajstić information content (AvgIpc) is 2.81. The summed E-state index contributed by atoms with van der Waals surface area (Å²) in [6.07, 6.45) is 8.31. The van der Waals surface area contributed by atoms with Crippen molar-refractivity contribution in [1.82, 2.24) is 0 Å². The molecule has 0 heterocycles. The van der Waals surface area contributed by atoms with E-state index in [0.29, 0.717) is 28.7 Å². The minimum absolute atomic E-state index is 0.0931. The van der Waals surface area contributed by atoms with Gasteiger partial charge in [0.25, 0.3) is 0 Å². The van der Waals surface area contributed by atoms with Gasteiger partial charge in [-0.3, -0.25) is 0 Å². The van der Waals surface area contributed by atoms with Crippen molar-refractivity contribution in [2.45, 2.75) is 97.0 Å². The third-order valence-corrected chi connectivity index (χ3v) is 23.1. The second-order valence-electron chi connectivity index (χ2n) is 9.61. The monoisotopic (exact) mass is 572 g/mol. The van der Waals surface area contributed by atoms with E-state index >= 15 is 0 Å². The van der Waals surface area contributed by atoms with Gasteiger partial charge in [-0.25, -0.2) is 0 Å². The first-order valence-electron chi connectivity index (χ1n) is 12.8. The summed E-state index contributed by atoms with van der Waals surface area (Å²) in [4.78, 5) is 13.5. The minimum atomic E-state index is -2.79. The fourth-order valence-corrected chi connectivity index (χ4v) is 22.4. The van der Waals surface area contributed by atoms with Gasteiger partial charge >= 0.3 is 207 Å². The van der Waals surface area contributed by atoms with E-state index in [1.807, 2.05) is 0 Å². The number of esters is 1. The Hall–Kier alpha value is -1.11. The van der Waals surface area contributed by atoms with Gasteiger partial charge in [0.1, 0.15) is 0 Å². The van der Waals surface area contributed by atoms with Crippen LogP contribution >= 0.6 is 0 Å². The fourth-order valence-electron chi connectivity index (χ4n) is 4.69. The second kappa shape index (κ2) is 15.7. The first kappa shape index (κ1) is 29.9. The van der Waals surface area contributed by atoms with Crippen LogP contribution in [0.5, 0.6) is 17.2 Å². The van der Waals surface area contributed by atoms with Crippen LogP contribution in [0.15, 0.2) is 12.1 Å². The first-order valence-corrected chi connectivity index (χ1v) is 20.5. The molecule has 0 saturated carbocycles. The van der Waals surface area contributed by atoms with Crippen LogP contribution in [0.4, 0.5) is 0 Å². The molecule has 0 spiro atoms. The third-order valence-electron chi connectivity index (χ3n) is 6.60. The van der Waals surface area contributed by atoms with Crippen LogP contribution in [-0.2, 0) is 4.74 Å². The van der Waals surface area contributed by atoms with Gasteiger partial charge < -0.3 is 0 Å². The standard InChI is InChI=1S/C15H21O5.3C4H9.Sn/c1-10(2)6-7-20-15(16)11-8-12(17-3)14(19-5)13(9-11)18-4;3*1-3-4-2;/h7-10H,6H2,1-5H3;3*1,3-4H2,2H3;. The predicted octanol–water partition coefficient (Wildman–Crippen LogP) is 7.67. The van der Waals surface area contributed by atoms with Crippen LogP contribution in [-0.4, -0.2) is 49.8 Å². The molecule has 0 radical (unpaired) electrons. The van der Waals surface area contributed by atoms with Crippen molar-refractivity contribution in [2.24, 2.45) is 5.92 Å². The molecule has 0 aromatic heterocycles. The molecule has 0 saturated heterocycles. The van der Waals surface area contributed by atoms with Crippen molar-refractivity contribution in [2.75, 3.05) is 21.3 Å². The quantitative estimate of drug-likeness (QED) is 0.142. The van der Waals surface area contributed by atoms with E-state index in [9.17, 15) is 4.79 Å². The predicted molar refractivity (Wildman–Crippen MR) is 140 cm³/mol. The molecular weight excluding hydrogens is 523 g/mol. The van der Waals surface area contributed by atoms with Gasteiger partial charge in [0.15, 0.2) is 0 Å². The Labute approximate surface area is 206 Å². The van der Waals surface area contributed by atoms with E-state index in [4.69, 9.17) is 18.9 Å². The van der Waals surface area contributed by atoms with Crippen LogP contribution in [0, 0.1) is 5.92 Å². The molecule has 0 fully saturated rings. The molecular formula is C27H48O5Sn. The zero-order valence-electron chi connectivity index (χ0n) is 22.4. The Kier molecular flexibility index (Phi) is 14.3. The van der Waals surface area contributed by atoms with Gasteiger partial charge in [0.2, 0.25) is 0 Å². The molecule has 6 heteroatoms. The van der Waals surface area contributed by atoms with Gasteiger partial charge in [0, 0.05) is 0 Å². The van der Waals surface area contributed by atoms with Crippen molar-refractivity contribution in [3.05, 3.63) is 17.7 Å². The van der Waals surface area contributed by atoms with Crippen LogP contribution in [0.1, 0.15) is 89.9 Å². The Morgan fingerprint density at radius 1 is 0.818 bits per heavy atom. The normalized spacial score (nSPS) is 12.5. The van der Waals surface area contributed by atoms with Crippen molar-refractivity contribution in [1.29, 1.82) is 0 Å². The number of hydrogen-bond acceptors (Lipinski definition) is 5. The third kappa shape index (κ3) is 8.88. The van der Waals surface area contributed by atoms with Gasteiger partial charge in [-0.2, -0.15) is 0 Å². The van der Waals surface area contributed by atoms with Crippen LogP contribution in [0.2, 0.25) is 13.3 Å². The molecule has 1 atom stereocenters. The molecule has 33 heavy (non-hydrogen) atoms. The van der Waals surface area contributed by atoms with E-state index < -0.39 is 18.4 Å². The molecule has 1 rings (SSSR count). The van der Waals surface area contributed by atoms with Crippen molar-refractivity contribution < 1.29 is 23.7 Å². The number of ether oxygens (including phenoxy) is 4.